The highest BCUT2D eigenvalue weighted by molar-refractivity contribution is 5.69. The molecule has 4 nitrogen and oxygen atoms in total. The van der Waals surface area contributed by atoms with Crippen LogP contribution in [-0.2, 0) is 12.8 Å². The Bertz CT molecular complexity index is 963. The van der Waals surface area contributed by atoms with Gasteiger partial charge in [0.25, 0.3) is 0 Å². The van der Waals surface area contributed by atoms with Crippen LogP contribution in [-0.4, -0.2) is 29.1 Å². The van der Waals surface area contributed by atoms with Crippen molar-refractivity contribution < 1.29 is 0 Å². The van der Waals surface area contributed by atoms with E-state index in [4.69, 9.17) is 4.98 Å². The van der Waals surface area contributed by atoms with Crippen molar-refractivity contribution in [1.29, 1.82) is 0 Å². The van der Waals surface area contributed by atoms with Crippen LogP contribution in [0, 0.1) is 5.92 Å². The van der Waals surface area contributed by atoms with E-state index < -0.39 is 0 Å². The van der Waals surface area contributed by atoms with Crippen LogP contribution in [0.25, 0.3) is 0 Å². The van der Waals surface area contributed by atoms with Crippen LogP contribution in [0.1, 0.15) is 30.9 Å². The summed E-state index contributed by atoms with van der Waals surface area (Å²) in [5.41, 5.74) is 4.14. The molecular formula is C25H28N4. The highest BCUT2D eigenvalue weighted by atomic mass is 15.3. The fourth-order valence-electron chi connectivity index (χ4n) is 4.82. The molecule has 3 heterocycles. The minimum Gasteiger partial charge on any atom is -0.341 e. The van der Waals surface area contributed by atoms with Gasteiger partial charge in [-0.15, -0.1) is 0 Å². The number of piperidine rings is 1. The molecule has 0 bridgehead atoms. The minimum absolute atomic E-state index is 0.423. The van der Waals surface area contributed by atoms with Crippen LogP contribution in [0.15, 0.2) is 66.9 Å². The van der Waals surface area contributed by atoms with Gasteiger partial charge in [-0.3, -0.25) is 0 Å². The molecule has 0 N–H and O–H groups in total. The number of hydrogen-bond donors (Lipinski definition) is 0. The third-order valence-electron chi connectivity index (χ3n) is 6.35. The van der Waals surface area contributed by atoms with E-state index in [2.05, 4.69) is 76.3 Å². The molecule has 0 amide bonds. The van der Waals surface area contributed by atoms with E-state index in [0.29, 0.717) is 6.04 Å². The number of benzene rings is 2. The van der Waals surface area contributed by atoms with Crippen LogP contribution in [0.3, 0.4) is 0 Å². The van der Waals surface area contributed by atoms with Crippen molar-refractivity contribution >= 4 is 17.5 Å². The summed E-state index contributed by atoms with van der Waals surface area (Å²) in [4.78, 5) is 14.3. The van der Waals surface area contributed by atoms with E-state index in [1.54, 1.807) is 0 Å². The zero-order valence-corrected chi connectivity index (χ0v) is 17.0. The first-order valence-electron chi connectivity index (χ1n) is 10.8. The van der Waals surface area contributed by atoms with Crippen molar-refractivity contribution in [2.45, 2.75) is 38.6 Å². The second-order valence-electron chi connectivity index (χ2n) is 8.39. The van der Waals surface area contributed by atoms with Crippen LogP contribution in [0.5, 0.6) is 0 Å². The molecule has 148 valence electrons. The number of anilines is 3. The van der Waals surface area contributed by atoms with Gasteiger partial charge in [-0.1, -0.05) is 48.5 Å². The number of rotatable bonds is 4. The first kappa shape index (κ1) is 18.2. The predicted octanol–water partition coefficient (Wildman–Crippen LogP) is 5.02. The fraction of sp³-hybridized carbons (Fsp3) is 0.360. The van der Waals surface area contributed by atoms with Crippen LogP contribution >= 0.6 is 0 Å². The maximum Gasteiger partial charge on any atom is 0.227 e. The second kappa shape index (κ2) is 7.86. The van der Waals surface area contributed by atoms with Gasteiger partial charge in [-0.2, -0.15) is 4.98 Å². The lowest BCUT2D eigenvalue weighted by molar-refractivity contribution is 0.400. The van der Waals surface area contributed by atoms with Gasteiger partial charge in [-0.05, 0) is 61.8 Å². The lowest BCUT2D eigenvalue weighted by Gasteiger charge is -2.33. The standard InChI is InChI=1S/C25H28N4/c1-19-17-22-9-5-6-10-23(22)29(19)24-11-14-26-25(27-24)28-15-12-21(13-16-28)18-20-7-3-2-4-8-20/h2-11,14,19,21H,12-13,15-18H2,1H3. The van der Waals surface area contributed by atoms with E-state index in [-0.39, 0.29) is 0 Å². The van der Waals surface area contributed by atoms with Crippen molar-refractivity contribution in [2.75, 3.05) is 22.9 Å². The topological polar surface area (TPSA) is 32.3 Å². The Labute approximate surface area is 173 Å². The summed E-state index contributed by atoms with van der Waals surface area (Å²) in [6.07, 6.45) is 6.57. The van der Waals surface area contributed by atoms with Crippen molar-refractivity contribution in [1.82, 2.24) is 9.97 Å². The number of para-hydroxylation sites is 1. The molecule has 0 aliphatic carbocycles. The third kappa shape index (κ3) is 3.71. The van der Waals surface area contributed by atoms with E-state index >= 15 is 0 Å². The molecule has 2 aromatic carbocycles. The fourth-order valence-corrected chi connectivity index (χ4v) is 4.82. The van der Waals surface area contributed by atoms with Gasteiger partial charge in [0.1, 0.15) is 5.82 Å². The van der Waals surface area contributed by atoms with Gasteiger partial charge in [0.05, 0.1) is 0 Å². The molecule has 0 saturated carbocycles. The molecule has 1 aromatic heterocycles. The molecule has 29 heavy (non-hydrogen) atoms. The van der Waals surface area contributed by atoms with E-state index in [1.165, 1.54) is 36.1 Å². The van der Waals surface area contributed by atoms with Gasteiger partial charge in [0.2, 0.25) is 5.95 Å². The summed E-state index contributed by atoms with van der Waals surface area (Å²) in [5.74, 6) is 2.64. The number of hydrogen-bond acceptors (Lipinski definition) is 4. The SMILES string of the molecule is CC1Cc2ccccc2N1c1ccnc(N2CCC(Cc3ccccc3)CC2)n1. The monoisotopic (exact) mass is 384 g/mol. The Kier molecular flexibility index (Phi) is 4.92. The average molecular weight is 385 g/mol. The first-order valence-corrected chi connectivity index (χ1v) is 10.8. The van der Waals surface area contributed by atoms with Gasteiger partial charge in [-0.25, -0.2) is 4.98 Å². The van der Waals surface area contributed by atoms with Crippen LogP contribution in [0.2, 0.25) is 0 Å². The third-order valence-corrected chi connectivity index (χ3v) is 6.35. The first-order chi connectivity index (χ1) is 14.3. The van der Waals surface area contributed by atoms with E-state index in [1.807, 2.05) is 12.3 Å². The lowest BCUT2D eigenvalue weighted by Crippen LogP contribution is -2.36. The Morgan fingerprint density at radius 2 is 1.69 bits per heavy atom. The molecule has 4 heteroatoms. The van der Waals surface area contributed by atoms with Gasteiger partial charge < -0.3 is 9.80 Å². The lowest BCUT2D eigenvalue weighted by atomic mass is 9.90. The summed E-state index contributed by atoms with van der Waals surface area (Å²) < 4.78 is 0. The second-order valence-corrected chi connectivity index (χ2v) is 8.39. The van der Waals surface area contributed by atoms with E-state index in [9.17, 15) is 0 Å². The maximum atomic E-state index is 4.98. The molecule has 0 spiro atoms. The molecule has 0 radical (unpaired) electrons. The summed E-state index contributed by atoms with van der Waals surface area (Å²) in [6.45, 7) is 4.34. The highest BCUT2D eigenvalue weighted by Gasteiger charge is 2.28. The molecule has 1 atom stereocenters. The molecule has 2 aliphatic heterocycles. The van der Waals surface area contributed by atoms with Gasteiger partial charge in [0.15, 0.2) is 0 Å². The smallest absolute Gasteiger partial charge is 0.227 e. The average Bonchev–Trinajstić information content (AvgIpc) is 3.11. The van der Waals surface area contributed by atoms with Gasteiger partial charge >= 0.3 is 0 Å². The van der Waals surface area contributed by atoms with Crippen LogP contribution in [0.4, 0.5) is 17.5 Å². The molecule has 1 saturated heterocycles. The summed E-state index contributed by atoms with van der Waals surface area (Å²) in [6, 6.07) is 22.0. The number of aromatic nitrogens is 2. The summed E-state index contributed by atoms with van der Waals surface area (Å²) in [7, 11) is 0. The Balaban J connectivity index is 1.29. The molecule has 1 unspecified atom stereocenters. The largest absolute Gasteiger partial charge is 0.341 e. The minimum atomic E-state index is 0.423. The molecule has 1 fully saturated rings. The van der Waals surface area contributed by atoms with Crippen molar-refractivity contribution in [3.05, 3.63) is 78.0 Å². The summed E-state index contributed by atoms with van der Waals surface area (Å²) in [5, 5.41) is 0. The maximum absolute atomic E-state index is 4.98. The van der Waals surface area contributed by atoms with Crippen LogP contribution < -0.4 is 9.80 Å². The number of nitrogens with zero attached hydrogens (tertiary/aromatic N) is 4. The van der Waals surface area contributed by atoms with Crippen molar-refractivity contribution in [3.63, 3.8) is 0 Å². The summed E-state index contributed by atoms with van der Waals surface area (Å²) >= 11 is 0. The molecular weight excluding hydrogens is 356 g/mol. The van der Waals surface area contributed by atoms with E-state index in [0.717, 1.165) is 37.2 Å². The Morgan fingerprint density at radius 1 is 0.931 bits per heavy atom. The number of fused-ring (bicyclic) bond motifs is 1. The zero-order chi connectivity index (χ0) is 19.6. The Hall–Kier alpha value is -2.88. The van der Waals surface area contributed by atoms with Gasteiger partial charge in [0, 0.05) is 31.0 Å². The predicted molar refractivity (Wildman–Crippen MR) is 119 cm³/mol. The molecule has 5 rings (SSSR count). The Morgan fingerprint density at radius 3 is 2.52 bits per heavy atom. The normalized spacial score (nSPS) is 19.4. The molecule has 3 aromatic rings. The van der Waals surface area contributed by atoms with Crippen molar-refractivity contribution in [2.24, 2.45) is 5.92 Å². The molecule has 2 aliphatic rings. The highest BCUT2D eigenvalue weighted by Crippen LogP contribution is 2.37. The van der Waals surface area contributed by atoms with Crippen molar-refractivity contribution in [3.8, 4) is 0 Å². The zero-order valence-electron chi connectivity index (χ0n) is 17.0. The quantitative estimate of drug-likeness (QED) is 0.632.